The quantitative estimate of drug-likeness (QED) is 0.564. The third-order valence-electron chi connectivity index (χ3n) is 2.69. The average molecular weight is 303 g/mol. The molecule has 0 saturated heterocycles. The molecule has 0 aliphatic heterocycles. The number of aromatic nitrogens is 1. The number of sulfonamides is 1. The van der Waals surface area contributed by atoms with Gasteiger partial charge in [-0.25, -0.2) is 19.2 Å². The van der Waals surface area contributed by atoms with E-state index in [2.05, 4.69) is 15.1 Å². The minimum atomic E-state index is -3.80. The van der Waals surface area contributed by atoms with E-state index >= 15 is 0 Å². The van der Waals surface area contributed by atoms with Crippen molar-refractivity contribution in [3.8, 4) is 6.07 Å². The van der Waals surface area contributed by atoms with Gasteiger partial charge in [0.25, 0.3) is 10.0 Å². The predicted molar refractivity (Wildman–Crippen MR) is 78.6 cm³/mol. The highest BCUT2D eigenvalue weighted by Crippen LogP contribution is 2.21. The number of nitrogens with one attached hydrogen (secondary N) is 2. The van der Waals surface area contributed by atoms with Crippen molar-refractivity contribution in [2.24, 2.45) is 5.84 Å². The summed E-state index contributed by atoms with van der Waals surface area (Å²) < 4.78 is 27.0. The number of anilines is 2. The van der Waals surface area contributed by atoms with Crippen molar-refractivity contribution in [1.29, 1.82) is 5.26 Å². The molecule has 0 unspecified atom stereocenters. The number of rotatable bonds is 5. The molecule has 1 heterocycles. The maximum atomic E-state index is 12.3. The highest BCUT2D eigenvalue weighted by molar-refractivity contribution is 7.92. The van der Waals surface area contributed by atoms with Crippen LogP contribution in [0.2, 0.25) is 0 Å². The van der Waals surface area contributed by atoms with Crippen LogP contribution in [-0.2, 0) is 16.4 Å². The number of pyridine rings is 1. The van der Waals surface area contributed by atoms with Gasteiger partial charge in [-0.05, 0) is 29.8 Å². The zero-order valence-electron chi connectivity index (χ0n) is 10.9. The number of benzene rings is 1. The van der Waals surface area contributed by atoms with Crippen LogP contribution in [0.3, 0.4) is 0 Å². The van der Waals surface area contributed by atoms with E-state index < -0.39 is 10.0 Å². The third kappa shape index (κ3) is 3.47. The SMILES string of the molecule is N#CCc1ccc(NS(=O)(=O)c2cccnc2NN)cc1. The minimum Gasteiger partial charge on any atom is -0.307 e. The van der Waals surface area contributed by atoms with Crippen molar-refractivity contribution in [2.75, 3.05) is 10.1 Å². The van der Waals surface area contributed by atoms with Crippen molar-refractivity contribution in [1.82, 2.24) is 4.98 Å². The van der Waals surface area contributed by atoms with Crippen LogP contribution in [0.4, 0.5) is 11.5 Å². The first kappa shape index (κ1) is 14.8. The monoisotopic (exact) mass is 303 g/mol. The van der Waals surface area contributed by atoms with Crippen LogP contribution >= 0.6 is 0 Å². The van der Waals surface area contributed by atoms with Gasteiger partial charge in [0.05, 0.1) is 12.5 Å². The van der Waals surface area contributed by atoms with Crippen molar-refractivity contribution in [2.45, 2.75) is 11.3 Å². The molecule has 0 atom stereocenters. The molecule has 0 bridgehead atoms. The summed E-state index contributed by atoms with van der Waals surface area (Å²) in [6, 6.07) is 11.5. The Balaban J connectivity index is 2.27. The highest BCUT2D eigenvalue weighted by atomic mass is 32.2. The van der Waals surface area contributed by atoms with Gasteiger partial charge >= 0.3 is 0 Å². The number of hydrogen-bond donors (Lipinski definition) is 3. The fourth-order valence-corrected chi connectivity index (χ4v) is 2.89. The van der Waals surface area contributed by atoms with Crippen molar-refractivity contribution < 1.29 is 8.42 Å². The van der Waals surface area contributed by atoms with E-state index in [-0.39, 0.29) is 17.1 Å². The Morgan fingerprint density at radius 1 is 1.24 bits per heavy atom. The van der Waals surface area contributed by atoms with E-state index in [1.165, 1.54) is 18.3 Å². The van der Waals surface area contributed by atoms with Gasteiger partial charge in [-0.1, -0.05) is 12.1 Å². The van der Waals surface area contributed by atoms with Gasteiger partial charge in [0.1, 0.15) is 4.90 Å². The predicted octanol–water partition coefficient (Wildman–Crippen LogP) is 1.23. The Morgan fingerprint density at radius 2 is 1.95 bits per heavy atom. The second-order valence-electron chi connectivity index (χ2n) is 4.13. The zero-order valence-corrected chi connectivity index (χ0v) is 11.8. The molecule has 0 aliphatic carbocycles. The summed E-state index contributed by atoms with van der Waals surface area (Å²) in [5.74, 6) is 5.32. The standard InChI is InChI=1S/C13H13N5O2S/c14-8-7-10-3-5-11(6-4-10)18-21(19,20)12-2-1-9-16-13(12)17-15/h1-6,9,18H,7,15H2,(H,16,17). The first-order valence-electron chi connectivity index (χ1n) is 5.97. The lowest BCUT2D eigenvalue weighted by Crippen LogP contribution is -2.18. The fourth-order valence-electron chi connectivity index (χ4n) is 1.71. The number of nitrogens with zero attached hydrogens (tertiary/aromatic N) is 2. The van der Waals surface area contributed by atoms with Crippen LogP contribution in [0.15, 0.2) is 47.5 Å². The smallest absolute Gasteiger partial charge is 0.265 e. The summed E-state index contributed by atoms with van der Waals surface area (Å²) in [7, 11) is -3.80. The molecule has 2 aromatic rings. The lowest BCUT2D eigenvalue weighted by Gasteiger charge is -2.11. The van der Waals surface area contributed by atoms with E-state index in [9.17, 15) is 8.42 Å². The Bertz CT molecular complexity index is 766. The number of nitriles is 1. The normalized spacial score (nSPS) is 10.7. The fraction of sp³-hybridized carbons (Fsp3) is 0.0769. The van der Waals surface area contributed by atoms with E-state index in [0.717, 1.165) is 5.56 Å². The van der Waals surface area contributed by atoms with E-state index in [1.807, 2.05) is 6.07 Å². The molecule has 0 fully saturated rings. The van der Waals surface area contributed by atoms with Gasteiger partial charge in [0.2, 0.25) is 0 Å². The Hall–Kier alpha value is -2.63. The molecule has 4 N–H and O–H groups in total. The van der Waals surface area contributed by atoms with E-state index in [1.54, 1.807) is 24.3 Å². The van der Waals surface area contributed by atoms with E-state index in [0.29, 0.717) is 5.69 Å². The maximum Gasteiger partial charge on any atom is 0.265 e. The third-order valence-corrected chi connectivity index (χ3v) is 4.10. The zero-order chi connectivity index (χ0) is 15.3. The molecule has 0 spiro atoms. The summed E-state index contributed by atoms with van der Waals surface area (Å²) >= 11 is 0. The van der Waals surface area contributed by atoms with E-state index in [4.69, 9.17) is 11.1 Å². The summed E-state index contributed by atoms with van der Waals surface area (Å²) in [6.07, 6.45) is 1.71. The highest BCUT2D eigenvalue weighted by Gasteiger charge is 2.19. The molecule has 1 aromatic carbocycles. The van der Waals surface area contributed by atoms with Gasteiger partial charge in [-0.2, -0.15) is 5.26 Å². The topological polar surface area (TPSA) is 121 Å². The van der Waals surface area contributed by atoms with Crippen LogP contribution in [0, 0.1) is 11.3 Å². The van der Waals surface area contributed by atoms with Crippen LogP contribution in [-0.4, -0.2) is 13.4 Å². The molecule has 2 rings (SSSR count). The molecule has 7 nitrogen and oxygen atoms in total. The Labute approximate surface area is 122 Å². The Kier molecular flexibility index (Phi) is 4.37. The van der Waals surface area contributed by atoms with Crippen LogP contribution < -0.4 is 16.0 Å². The Morgan fingerprint density at radius 3 is 2.57 bits per heavy atom. The lowest BCUT2D eigenvalue weighted by atomic mass is 10.1. The van der Waals surface area contributed by atoms with Crippen LogP contribution in [0.5, 0.6) is 0 Å². The average Bonchev–Trinajstić information content (AvgIpc) is 2.49. The molecule has 108 valence electrons. The summed E-state index contributed by atoms with van der Waals surface area (Å²) in [6.45, 7) is 0. The molecule has 0 saturated carbocycles. The molecular formula is C13H13N5O2S. The summed E-state index contributed by atoms with van der Waals surface area (Å²) in [5.41, 5.74) is 3.45. The van der Waals surface area contributed by atoms with Crippen molar-refractivity contribution in [3.05, 3.63) is 48.2 Å². The molecule has 0 radical (unpaired) electrons. The second kappa shape index (κ2) is 6.21. The number of nitrogens with two attached hydrogens (primary N) is 1. The van der Waals surface area contributed by atoms with Crippen LogP contribution in [0.1, 0.15) is 5.56 Å². The molecule has 1 aromatic heterocycles. The molecule has 0 amide bonds. The number of hydrogen-bond acceptors (Lipinski definition) is 6. The second-order valence-corrected chi connectivity index (χ2v) is 5.78. The molecule has 21 heavy (non-hydrogen) atoms. The van der Waals surface area contributed by atoms with Gasteiger partial charge < -0.3 is 5.43 Å². The van der Waals surface area contributed by atoms with Crippen molar-refractivity contribution in [3.63, 3.8) is 0 Å². The molecule has 8 heteroatoms. The van der Waals surface area contributed by atoms with Crippen molar-refractivity contribution >= 4 is 21.5 Å². The summed E-state index contributed by atoms with van der Waals surface area (Å²) in [4.78, 5) is 3.80. The largest absolute Gasteiger partial charge is 0.307 e. The first-order valence-corrected chi connectivity index (χ1v) is 7.45. The number of nitrogen functional groups attached to an aromatic ring is 1. The molecular weight excluding hydrogens is 290 g/mol. The van der Waals surface area contributed by atoms with Gasteiger partial charge in [-0.3, -0.25) is 4.72 Å². The number of hydrazine groups is 1. The van der Waals surface area contributed by atoms with Crippen LogP contribution in [0.25, 0.3) is 0 Å². The summed E-state index contributed by atoms with van der Waals surface area (Å²) in [5, 5.41) is 8.59. The van der Waals surface area contributed by atoms with Gasteiger partial charge in [-0.15, -0.1) is 0 Å². The lowest BCUT2D eigenvalue weighted by molar-refractivity contribution is 0.601. The first-order chi connectivity index (χ1) is 10.1. The minimum absolute atomic E-state index is 0.0476. The van der Waals surface area contributed by atoms with Gasteiger partial charge in [0.15, 0.2) is 5.82 Å². The maximum absolute atomic E-state index is 12.3. The molecule has 0 aliphatic rings. The van der Waals surface area contributed by atoms with Gasteiger partial charge in [0, 0.05) is 11.9 Å².